The molecular formula is C24H27N3O3S. The fourth-order valence-corrected chi connectivity index (χ4v) is 3.53. The van der Waals surface area contributed by atoms with Crippen molar-refractivity contribution in [3.63, 3.8) is 0 Å². The number of nitrogens with zero attached hydrogens (tertiary/aromatic N) is 2. The molecule has 0 saturated carbocycles. The Balaban J connectivity index is 1.76. The maximum Gasteiger partial charge on any atom is 0.322 e. The van der Waals surface area contributed by atoms with E-state index >= 15 is 0 Å². The molecule has 2 aromatic carbocycles. The number of pyridine rings is 1. The first kappa shape index (κ1) is 22.5. The van der Waals surface area contributed by atoms with Gasteiger partial charge in [0, 0.05) is 42.0 Å². The number of carbonyl (C=O) groups is 1. The fourth-order valence-electron chi connectivity index (χ4n) is 3.12. The lowest BCUT2D eigenvalue weighted by molar-refractivity contribution is 0.209. The van der Waals surface area contributed by atoms with Gasteiger partial charge in [-0.3, -0.25) is 4.98 Å². The second-order valence-corrected chi connectivity index (χ2v) is 7.72. The van der Waals surface area contributed by atoms with Gasteiger partial charge in [0.25, 0.3) is 0 Å². The molecule has 2 amide bonds. The number of rotatable bonds is 9. The van der Waals surface area contributed by atoms with Crippen molar-refractivity contribution in [2.24, 2.45) is 0 Å². The predicted octanol–water partition coefficient (Wildman–Crippen LogP) is 5.10. The van der Waals surface area contributed by atoms with Crippen LogP contribution in [-0.4, -0.2) is 42.9 Å². The average Bonchev–Trinajstić information content (AvgIpc) is 2.82. The third-order valence-corrected chi connectivity index (χ3v) is 5.56. The van der Waals surface area contributed by atoms with Gasteiger partial charge in [-0.1, -0.05) is 12.1 Å². The van der Waals surface area contributed by atoms with Crippen LogP contribution < -0.4 is 14.8 Å². The van der Waals surface area contributed by atoms with Crippen LogP contribution in [0.5, 0.6) is 11.5 Å². The van der Waals surface area contributed by atoms with Crippen molar-refractivity contribution in [2.45, 2.75) is 17.9 Å². The van der Waals surface area contributed by atoms with Crippen molar-refractivity contribution >= 4 is 23.5 Å². The Morgan fingerprint density at radius 3 is 2.45 bits per heavy atom. The van der Waals surface area contributed by atoms with Gasteiger partial charge < -0.3 is 19.7 Å². The highest BCUT2D eigenvalue weighted by Gasteiger charge is 2.16. The van der Waals surface area contributed by atoms with Gasteiger partial charge in [-0.2, -0.15) is 0 Å². The van der Waals surface area contributed by atoms with Crippen molar-refractivity contribution in [2.75, 3.05) is 32.3 Å². The lowest BCUT2D eigenvalue weighted by Gasteiger charge is -2.24. The summed E-state index contributed by atoms with van der Waals surface area (Å²) in [6, 6.07) is 19.1. The van der Waals surface area contributed by atoms with E-state index in [2.05, 4.69) is 10.3 Å². The molecule has 0 atom stereocenters. The van der Waals surface area contributed by atoms with Crippen LogP contribution in [0.3, 0.4) is 0 Å². The molecule has 0 aliphatic heterocycles. The number of nitrogens with one attached hydrogen (secondary N) is 1. The normalized spacial score (nSPS) is 10.4. The van der Waals surface area contributed by atoms with E-state index in [0.29, 0.717) is 31.0 Å². The van der Waals surface area contributed by atoms with E-state index in [9.17, 15) is 4.79 Å². The molecule has 6 nitrogen and oxygen atoms in total. The number of methoxy groups -OCH3 is 2. The number of carbonyl (C=O) groups excluding carboxylic acids is 1. The van der Waals surface area contributed by atoms with E-state index in [4.69, 9.17) is 9.47 Å². The molecule has 0 saturated heterocycles. The Morgan fingerprint density at radius 1 is 1.03 bits per heavy atom. The molecule has 0 unspecified atom stereocenters. The first-order valence-electron chi connectivity index (χ1n) is 9.93. The van der Waals surface area contributed by atoms with Crippen LogP contribution in [0.1, 0.15) is 11.3 Å². The Kier molecular flexibility index (Phi) is 8.18. The van der Waals surface area contributed by atoms with Crippen molar-refractivity contribution in [3.8, 4) is 11.5 Å². The first-order valence-corrected chi connectivity index (χ1v) is 11.2. The van der Waals surface area contributed by atoms with Gasteiger partial charge >= 0.3 is 6.03 Å². The molecule has 1 aromatic heterocycles. The third-order valence-electron chi connectivity index (χ3n) is 4.81. The zero-order valence-electron chi connectivity index (χ0n) is 18.0. The second kappa shape index (κ2) is 11.3. The first-order chi connectivity index (χ1) is 15.1. The molecule has 0 aliphatic carbocycles. The zero-order valence-corrected chi connectivity index (χ0v) is 18.8. The summed E-state index contributed by atoms with van der Waals surface area (Å²) in [7, 11) is 3.21. The van der Waals surface area contributed by atoms with Crippen molar-refractivity contribution < 1.29 is 14.3 Å². The number of urea groups is 1. The molecule has 0 aliphatic rings. The zero-order chi connectivity index (χ0) is 22.1. The molecule has 162 valence electrons. The summed E-state index contributed by atoms with van der Waals surface area (Å²) < 4.78 is 10.7. The monoisotopic (exact) mass is 437 g/mol. The van der Waals surface area contributed by atoms with E-state index in [1.807, 2.05) is 66.9 Å². The summed E-state index contributed by atoms with van der Waals surface area (Å²) in [4.78, 5) is 20.4. The number of hydrogen-bond acceptors (Lipinski definition) is 5. The van der Waals surface area contributed by atoms with Gasteiger partial charge in [-0.15, -0.1) is 11.8 Å². The van der Waals surface area contributed by atoms with E-state index in [1.165, 1.54) is 0 Å². The molecule has 1 N–H and O–H groups in total. The number of thioether (sulfide) groups is 1. The molecule has 0 fully saturated rings. The lowest BCUT2D eigenvalue weighted by atomic mass is 10.1. The Bertz CT molecular complexity index is 981. The van der Waals surface area contributed by atoms with Gasteiger partial charge in [0.2, 0.25) is 0 Å². The van der Waals surface area contributed by atoms with E-state index < -0.39 is 0 Å². The number of amides is 2. The highest BCUT2D eigenvalue weighted by molar-refractivity contribution is 7.98. The average molecular weight is 438 g/mol. The van der Waals surface area contributed by atoms with Crippen molar-refractivity contribution in [1.29, 1.82) is 0 Å². The van der Waals surface area contributed by atoms with Crippen LogP contribution in [0.4, 0.5) is 10.5 Å². The maximum atomic E-state index is 13.1. The summed E-state index contributed by atoms with van der Waals surface area (Å²) in [5.74, 6) is 1.29. The standard InChI is InChI=1S/C24H27N3O3S/c1-29-22-12-7-18(16-23(22)30-2)17-27(15-13-19-6-4-5-14-25-19)24(28)26-20-8-10-21(31-3)11-9-20/h4-12,14,16H,13,15,17H2,1-3H3,(H,26,28). The van der Waals surface area contributed by atoms with Crippen LogP contribution in [0.15, 0.2) is 71.8 Å². The summed E-state index contributed by atoms with van der Waals surface area (Å²) in [5.41, 5.74) is 2.65. The molecular weight excluding hydrogens is 410 g/mol. The number of aromatic nitrogens is 1. The van der Waals surface area contributed by atoms with Gasteiger partial charge in [-0.25, -0.2) is 4.79 Å². The van der Waals surface area contributed by atoms with Crippen molar-refractivity contribution in [1.82, 2.24) is 9.88 Å². The summed E-state index contributed by atoms with van der Waals surface area (Å²) >= 11 is 1.66. The molecule has 3 rings (SSSR count). The largest absolute Gasteiger partial charge is 0.493 e. The molecule has 31 heavy (non-hydrogen) atoms. The van der Waals surface area contributed by atoms with Crippen LogP contribution in [0.2, 0.25) is 0 Å². The quantitative estimate of drug-likeness (QED) is 0.472. The van der Waals surface area contributed by atoms with Gasteiger partial charge in [-0.05, 0) is 60.4 Å². The van der Waals surface area contributed by atoms with Gasteiger partial charge in [0.05, 0.1) is 14.2 Å². The minimum atomic E-state index is -0.164. The Labute approximate surface area is 187 Å². The molecule has 3 aromatic rings. The number of ether oxygens (including phenoxy) is 2. The minimum absolute atomic E-state index is 0.164. The number of anilines is 1. The number of benzene rings is 2. The van der Waals surface area contributed by atoms with E-state index in [-0.39, 0.29) is 6.03 Å². The summed E-state index contributed by atoms with van der Waals surface area (Å²) in [6.45, 7) is 0.960. The van der Waals surface area contributed by atoms with E-state index in [1.54, 1.807) is 37.1 Å². The molecule has 0 spiro atoms. The van der Waals surface area contributed by atoms with Crippen LogP contribution >= 0.6 is 11.8 Å². The maximum absolute atomic E-state index is 13.1. The summed E-state index contributed by atoms with van der Waals surface area (Å²) in [5, 5.41) is 3.00. The second-order valence-electron chi connectivity index (χ2n) is 6.84. The minimum Gasteiger partial charge on any atom is -0.493 e. The SMILES string of the molecule is COc1ccc(CN(CCc2ccccn2)C(=O)Nc2ccc(SC)cc2)cc1OC. The third kappa shape index (κ3) is 6.39. The van der Waals surface area contributed by atoms with Crippen molar-refractivity contribution in [3.05, 3.63) is 78.1 Å². The molecule has 0 radical (unpaired) electrons. The molecule has 7 heteroatoms. The highest BCUT2D eigenvalue weighted by Crippen LogP contribution is 2.28. The van der Waals surface area contributed by atoms with Gasteiger partial charge in [0.1, 0.15) is 0 Å². The fraction of sp³-hybridized carbons (Fsp3) is 0.250. The van der Waals surface area contributed by atoms with Crippen LogP contribution in [-0.2, 0) is 13.0 Å². The molecule has 1 heterocycles. The van der Waals surface area contributed by atoms with Gasteiger partial charge in [0.15, 0.2) is 11.5 Å². The Hall–Kier alpha value is -3.19. The Morgan fingerprint density at radius 2 is 1.81 bits per heavy atom. The summed E-state index contributed by atoms with van der Waals surface area (Å²) in [6.07, 6.45) is 4.45. The topological polar surface area (TPSA) is 63.7 Å². The lowest BCUT2D eigenvalue weighted by Crippen LogP contribution is -2.36. The van der Waals surface area contributed by atoms with Crippen LogP contribution in [0.25, 0.3) is 0 Å². The smallest absolute Gasteiger partial charge is 0.322 e. The highest BCUT2D eigenvalue weighted by atomic mass is 32.2. The molecule has 0 bridgehead atoms. The number of hydrogen-bond donors (Lipinski definition) is 1. The van der Waals surface area contributed by atoms with Crippen LogP contribution in [0, 0.1) is 0 Å². The van der Waals surface area contributed by atoms with E-state index in [0.717, 1.165) is 21.8 Å². The predicted molar refractivity (Wildman–Crippen MR) is 125 cm³/mol.